The molecule has 0 unspecified atom stereocenters. The highest BCUT2D eigenvalue weighted by Crippen LogP contribution is 2.40. The molecule has 0 radical (unpaired) electrons. The van der Waals surface area contributed by atoms with E-state index in [1.54, 1.807) is 26.4 Å². The van der Waals surface area contributed by atoms with Gasteiger partial charge in [-0.3, -0.25) is 4.79 Å². The molecule has 1 saturated heterocycles. The predicted octanol–water partition coefficient (Wildman–Crippen LogP) is 1.02. The first-order chi connectivity index (χ1) is 14.2. The summed E-state index contributed by atoms with van der Waals surface area (Å²) in [7, 11) is 3.25. The van der Waals surface area contributed by atoms with Gasteiger partial charge >= 0.3 is 0 Å². The largest absolute Gasteiger partial charge is 0.497 e. The molecule has 2 aromatic carbocycles. The Kier molecular flexibility index (Phi) is 5.76. The lowest BCUT2D eigenvalue weighted by molar-refractivity contribution is -0.917. The fourth-order valence-electron chi connectivity index (χ4n) is 3.81. The van der Waals surface area contributed by atoms with Gasteiger partial charge in [0.15, 0.2) is 11.5 Å². The Morgan fingerprint density at radius 1 is 1.03 bits per heavy atom. The van der Waals surface area contributed by atoms with Gasteiger partial charge in [0.2, 0.25) is 5.75 Å². The number of carbonyl (C=O) groups is 1. The van der Waals surface area contributed by atoms with E-state index in [9.17, 15) is 4.79 Å². The van der Waals surface area contributed by atoms with Crippen molar-refractivity contribution in [3.05, 3.63) is 47.5 Å². The van der Waals surface area contributed by atoms with Gasteiger partial charge in [-0.05, 0) is 36.4 Å². The van der Waals surface area contributed by atoms with Crippen LogP contribution in [0, 0.1) is 0 Å². The Morgan fingerprint density at radius 2 is 1.76 bits per heavy atom. The summed E-state index contributed by atoms with van der Waals surface area (Å²) in [5.74, 6) is 2.55. The van der Waals surface area contributed by atoms with Crippen LogP contribution >= 0.6 is 0 Å². The predicted molar refractivity (Wildman–Crippen MR) is 107 cm³/mol. The van der Waals surface area contributed by atoms with Crippen molar-refractivity contribution in [3.63, 3.8) is 0 Å². The lowest BCUT2D eigenvalue weighted by Gasteiger charge is -2.32. The van der Waals surface area contributed by atoms with E-state index in [0.29, 0.717) is 36.0 Å². The van der Waals surface area contributed by atoms with E-state index in [1.807, 2.05) is 17.0 Å². The topological polar surface area (TPSA) is 61.7 Å². The van der Waals surface area contributed by atoms with E-state index in [-0.39, 0.29) is 5.91 Å². The van der Waals surface area contributed by atoms with Crippen LogP contribution in [0.3, 0.4) is 0 Å². The van der Waals surface area contributed by atoms with Crippen molar-refractivity contribution in [2.75, 3.05) is 53.6 Å². The third-order valence-corrected chi connectivity index (χ3v) is 5.45. The molecule has 0 saturated carbocycles. The molecule has 1 amide bonds. The van der Waals surface area contributed by atoms with Crippen LogP contribution in [0.1, 0.15) is 15.9 Å². The average molecular weight is 399 g/mol. The standard InChI is InChI=1S/C22H26N2O5/c1-26-18-5-3-16(4-6-18)15-23-7-9-24(10-8-23)22(25)17-13-19(27-2)21-20(14-17)28-11-12-29-21/h3-6,13-14H,7-12,15H2,1-2H3/p+1. The van der Waals surface area contributed by atoms with Crippen molar-refractivity contribution < 1.29 is 28.6 Å². The zero-order valence-electron chi connectivity index (χ0n) is 16.9. The average Bonchev–Trinajstić information content (AvgIpc) is 2.79. The highest BCUT2D eigenvalue weighted by molar-refractivity contribution is 5.95. The third-order valence-electron chi connectivity index (χ3n) is 5.45. The van der Waals surface area contributed by atoms with Crippen LogP contribution in [0.4, 0.5) is 0 Å². The summed E-state index contributed by atoms with van der Waals surface area (Å²) in [5, 5.41) is 0. The van der Waals surface area contributed by atoms with Gasteiger partial charge < -0.3 is 28.7 Å². The van der Waals surface area contributed by atoms with Crippen molar-refractivity contribution in [1.29, 1.82) is 0 Å². The highest BCUT2D eigenvalue weighted by Gasteiger charge is 2.27. The fourth-order valence-corrected chi connectivity index (χ4v) is 3.81. The maximum Gasteiger partial charge on any atom is 0.254 e. The van der Waals surface area contributed by atoms with E-state index in [2.05, 4.69) is 12.1 Å². The SMILES string of the molecule is COc1ccc(C[NH+]2CCN(C(=O)c3cc(OC)c4c(c3)OCCO4)CC2)cc1. The summed E-state index contributed by atoms with van der Waals surface area (Å²) in [5.41, 5.74) is 1.85. The second-order valence-electron chi connectivity index (χ2n) is 7.27. The van der Waals surface area contributed by atoms with Crippen LogP contribution in [0.2, 0.25) is 0 Å². The summed E-state index contributed by atoms with van der Waals surface area (Å²) in [4.78, 5) is 16.4. The minimum Gasteiger partial charge on any atom is -0.497 e. The minimum absolute atomic E-state index is 0.00349. The summed E-state index contributed by atoms with van der Waals surface area (Å²) in [6.07, 6.45) is 0. The molecule has 0 spiro atoms. The van der Waals surface area contributed by atoms with E-state index in [4.69, 9.17) is 18.9 Å². The third kappa shape index (κ3) is 4.24. The van der Waals surface area contributed by atoms with Crippen LogP contribution in [0.15, 0.2) is 36.4 Å². The number of nitrogens with zero attached hydrogens (tertiary/aromatic N) is 1. The Hall–Kier alpha value is -2.93. The normalized spacial score (nSPS) is 16.4. The lowest BCUT2D eigenvalue weighted by atomic mass is 10.1. The van der Waals surface area contributed by atoms with E-state index in [0.717, 1.165) is 38.5 Å². The number of amides is 1. The fraction of sp³-hybridized carbons (Fsp3) is 0.409. The molecule has 0 aromatic heterocycles. The van der Waals surface area contributed by atoms with Crippen LogP contribution < -0.4 is 23.8 Å². The van der Waals surface area contributed by atoms with Gasteiger partial charge in [-0.2, -0.15) is 0 Å². The molecule has 7 nitrogen and oxygen atoms in total. The van der Waals surface area contributed by atoms with E-state index >= 15 is 0 Å². The van der Waals surface area contributed by atoms with Crippen LogP contribution in [0.5, 0.6) is 23.0 Å². The molecule has 2 aliphatic heterocycles. The molecular weight excluding hydrogens is 372 g/mol. The smallest absolute Gasteiger partial charge is 0.254 e. The van der Waals surface area contributed by atoms with Gasteiger partial charge in [-0.15, -0.1) is 0 Å². The quantitative estimate of drug-likeness (QED) is 0.814. The molecule has 4 rings (SSSR count). The van der Waals surface area contributed by atoms with Gasteiger partial charge in [0, 0.05) is 11.1 Å². The maximum absolute atomic E-state index is 13.0. The van der Waals surface area contributed by atoms with Crippen LogP contribution in [-0.2, 0) is 6.54 Å². The number of benzene rings is 2. The number of piperazine rings is 1. The minimum atomic E-state index is 0.00349. The number of hydrogen-bond acceptors (Lipinski definition) is 5. The molecule has 0 atom stereocenters. The second kappa shape index (κ2) is 8.61. The number of nitrogens with one attached hydrogen (secondary N) is 1. The molecule has 154 valence electrons. The number of hydrogen-bond donors (Lipinski definition) is 1. The Morgan fingerprint density at radius 3 is 2.45 bits per heavy atom. The van der Waals surface area contributed by atoms with Gasteiger partial charge in [0.1, 0.15) is 25.5 Å². The molecule has 7 heteroatoms. The van der Waals surface area contributed by atoms with Crippen molar-refractivity contribution >= 4 is 5.91 Å². The molecule has 29 heavy (non-hydrogen) atoms. The van der Waals surface area contributed by atoms with Gasteiger partial charge in [-0.1, -0.05) is 0 Å². The second-order valence-corrected chi connectivity index (χ2v) is 7.27. The zero-order chi connectivity index (χ0) is 20.2. The van der Waals surface area contributed by atoms with Gasteiger partial charge in [0.05, 0.1) is 40.4 Å². The van der Waals surface area contributed by atoms with Crippen molar-refractivity contribution in [1.82, 2.24) is 4.90 Å². The van der Waals surface area contributed by atoms with Gasteiger partial charge in [-0.25, -0.2) is 0 Å². The number of ether oxygens (including phenoxy) is 4. The summed E-state index contributed by atoms with van der Waals surface area (Å²) in [6.45, 7) is 5.18. The van der Waals surface area contributed by atoms with Crippen LogP contribution in [0.25, 0.3) is 0 Å². The first kappa shape index (κ1) is 19.4. The Labute approximate surface area is 170 Å². The zero-order valence-corrected chi connectivity index (χ0v) is 16.9. The Balaban J connectivity index is 1.38. The van der Waals surface area contributed by atoms with Crippen LogP contribution in [-0.4, -0.2) is 64.4 Å². The van der Waals surface area contributed by atoms with Crippen molar-refractivity contribution in [2.45, 2.75) is 6.54 Å². The van der Waals surface area contributed by atoms with Crippen molar-refractivity contribution in [2.24, 2.45) is 0 Å². The molecule has 2 heterocycles. The lowest BCUT2D eigenvalue weighted by Crippen LogP contribution is -3.13. The van der Waals surface area contributed by atoms with Crippen molar-refractivity contribution in [3.8, 4) is 23.0 Å². The number of methoxy groups -OCH3 is 2. The summed E-state index contributed by atoms with van der Waals surface area (Å²) in [6, 6.07) is 11.7. The number of fused-ring (bicyclic) bond motifs is 1. The molecular formula is C22H27N2O5+. The molecule has 2 aliphatic rings. The van der Waals surface area contributed by atoms with E-state index in [1.165, 1.54) is 10.5 Å². The van der Waals surface area contributed by atoms with Gasteiger partial charge in [0.25, 0.3) is 5.91 Å². The monoisotopic (exact) mass is 399 g/mol. The molecule has 1 fully saturated rings. The maximum atomic E-state index is 13.0. The molecule has 0 aliphatic carbocycles. The highest BCUT2D eigenvalue weighted by atomic mass is 16.6. The first-order valence-corrected chi connectivity index (χ1v) is 9.91. The summed E-state index contributed by atoms with van der Waals surface area (Å²) >= 11 is 0. The number of carbonyl (C=O) groups excluding carboxylic acids is 1. The summed E-state index contributed by atoms with van der Waals surface area (Å²) < 4.78 is 21.9. The molecule has 0 bridgehead atoms. The number of rotatable bonds is 5. The Bertz CT molecular complexity index is 843. The van der Waals surface area contributed by atoms with E-state index < -0.39 is 0 Å². The number of quaternary nitrogens is 1. The molecule has 2 aromatic rings. The first-order valence-electron chi connectivity index (χ1n) is 9.91. The molecule has 1 N–H and O–H groups in total.